The number of fused-ring (bicyclic) bond motifs is 1. The van der Waals surface area contributed by atoms with Crippen molar-refractivity contribution >= 4 is 5.91 Å². The molecule has 1 atom stereocenters. The second kappa shape index (κ2) is 7.76. The van der Waals surface area contributed by atoms with Gasteiger partial charge in [0.25, 0.3) is 0 Å². The number of piperidine rings is 1. The lowest BCUT2D eigenvalue weighted by Crippen LogP contribution is -2.37. The maximum Gasteiger partial charge on any atom is 0.224 e. The number of nitrogens with zero attached hydrogens (tertiary/aromatic N) is 6. The van der Waals surface area contributed by atoms with E-state index in [2.05, 4.69) is 22.0 Å². The third kappa shape index (κ3) is 3.88. The molecule has 2 aliphatic heterocycles. The molecule has 7 heteroatoms. The molecule has 2 aromatic rings. The summed E-state index contributed by atoms with van der Waals surface area (Å²) >= 11 is 0. The molecule has 27 heavy (non-hydrogen) atoms. The highest BCUT2D eigenvalue weighted by atomic mass is 16.2. The lowest BCUT2D eigenvalue weighted by Gasteiger charge is -2.33. The predicted molar refractivity (Wildman–Crippen MR) is 102 cm³/mol. The van der Waals surface area contributed by atoms with Crippen molar-refractivity contribution in [2.24, 2.45) is 0 Å². The van der Waals surface area contributed by atoms with Gasteiger partial charge in [0.05, 0.1) is 11.7 Å². The molecule has 0 aromatic carbocycles. The summed E-state index contributed by atoms with van der Waals surface area (Å²) in [4.78, 5) is 26.4. The zero-order chi connectivity index (χ0) is 18.8. The summed E-state index contributed by atoms with van der Waals surface area (Å²) in [6, 6.07) is 2.29. The molecule has 0 bridgehead atoms. The van der Waals surface area contributed by atoms with Crippen molar-refractivity contribution in [3.05, 3.63) is 41.2 Å². The average molecular weight is 368 g/mol. The minimum atomic E-state index is 0.173. The Morgan fingerprint density at radius 3 is 2.96 bits per heavy atom. The third-order valence-corrected chi connectivity index (χ3v) is 5.84. The number of rotatable bonds is 4. The number of carbonyl (C=O) groups is 1. The van der Waals surface area contributed by atoms with Crippen molar-refractivity contribution in [1.82, 2.24) is 29.5 Å². The van der Waals surface area contributed by atoms with Gasteiger partial charge in [-0.25, -0.2) is 9.97 Å². The first-order valence-electron chi connectivity index (χ1n) is 9.93. The van der Waals surface area contributed by atoms with Gasteiger partial charge in [-0.2, -0.15) is 5.10 Å². The Hall–Kier alpha value is -2.28. The van der Waals surface area contributed by atoms with Crippen LogP contribution in [0.3, 0.4) is 0 Å². The van der Waals surface area contributed by atoms with Gasteiger partial charge in [-0.1, -0.05) is 6.42 Å². The largest absolute Gasteiger partial charge is 0.338 e. The van der Waals surface area contributed by atoms with Crippen LogP contribution in [0, 0.1) is 6.92 Å². The van der Waals surface area contributed by atoms with Gasteiger partial charge < -0.3 is 4.90 Å². The molecule has 2 aromatic heterocycles. The van der Waals surface area contributed by atoms with Crippen LogP contribution in [0.2, 0.25) is 0 Å². The molecule has 0 N–H and O–H groups in total. The molecule has 1 fully saturated rings. The van der Waals surface area contributed by atoms with E-state index >= 15 is 0 Å². The predicted octanol–water partition coefficient (Wildman–Crippen LogP) is 2.11. The number of carbonyl (C=O) groups excluding carboxylic acids is 1. The Morgan fingerprint density at radius 1 is 1.30 bits per heavy atom. The van der Waals surface area contributed by atoms with E-state index in [0.29, 0.717) is 25.6 Å². The summed E-state index contributed by atoms with van der Waals surface area (Å²) < 4.78 is 1.88. The van der Waals surface area contributed by atoms with E-state index in [1.54, 1.807) is 6.20 Å². The number of hydrogen-bond acceptors (Lipinski definition) is 5. The first-order chi connectivity index (χ1) is 13.1. The van der Waals surface area contributed by atoms with E-state index in [4.69, 9.17) is 4.98 Å². The lowest BCUT2D eigenvalue weighted by molar-refractivity contribution is -0.132. The van der Waals surface area contributed by atoms with E-state index < -0.39 is 0 Å². The molecular weight excluding hydrogens is 340 g/mol. The average Bonchev–Trinajstić information content (AvgIpc) is 3.10. The molecule has 144 valence electrons. The van der Waals surface area contributed by atoms with Crippen molar-refractivity contribution in [2.45, 2.75) is 58.2 Å². The van der Waals surface area contributed by atoms with Gasteiger partial charge in [-0.3, -0.25) is 14.4 Å². The molecule has 0 radical (unpaired) electrons. The monoisotopic (exact) mass is 368 g/mol. The van der Waals surface area contributed by atoms with Gasteiger partial charge in [0.2, 0.25) is 5.91 Å². The van der Waals surface area contributed by atoms with Gasteiger partial charge in [0, 0.05) is 56.1 Å². The lowest BCUT2D eigenvalue weighted by atomic mass is 10.0. The Bertz CT molecular complexity index is 817. The maximum atomic E-state index is 12.6. The molecule has 0 aliphatic carbocycles. The fourth-order valence-electron chi connectivity index (χ4n) is 4.10. The Labute approximate surface area is 160 Å². The Balaban J connectivity index is 1.39. The number of amides is 1. The molecule has 7 nitrogen and oxygen atoms in total. The SMILES string of the molecule is Cc1ccnn1CCC(=O)N1CCc2nc([C@H]3CCCCN3C)ncc2C1. The second-order valence-electron chi connectivity index (χ2n) is 7.70. The Kier molecular flexibility index (Phi) is 5.20. The van der Waals surface area contributed by atoms with E-state index in [0.717, 1.165) is 48.7 Å². The van der Waals surface area contributed by atoms with Crippen molar-refractivity contribution in [3.63, 3.8) is 0 Å². The number of hydrogen-bond donors (Lipinski definition) is 0. The highest BCUT2D eigenvalue weighted by Crippen LogP contribution is 2.28. The molecular formula is C20H28N6O. The standard InChI is InChI=1S/C20H28N6O/c1-15-6-9-22-26(15)12-8-19(27)25-11-7-17-16(14-25)13-21-20(23-17)18-5-3-4-10-24(18)2/h6,9,13,18H,3-5,7-8,10-12,14H2,1-2H3/t18-/m1/s1. The molecule has 0 saturated carbocycles. The van der Waals surface area contributed by atoms with Crippen molar-refractivity contribution in [2.75, 3.05) is 20.1 Å². The van der Waals surface area contributed by atoms with E-state index in [1.165, 1.54) is 12.8 Å². The minimum Gasteiger partial charge on any atom is -0.338 e. The van der Waals surface area contributed by atoms with Gasteiger partial charge in [-0.15, -0.1) is 0 Å². The number of likely N-dealkylation sites (tertiary alicyclic amines) is 1. The van der Waals surface area contributed by atoms with E-state index in [1.807, 2.05) is 28.8 Å². The second-order valence-corrected chi connectivity index (χ2v) is 7.70. The Morgan fingerprint density at radius 2 is 2.19 bits per heavy atom. The van der Waals surface area contributed by atoms with Gasteiger partial charge in [0.1, 0.15) is 5.82 Å². The maximum absolute atomic E-state index is 12.6. The zero-order valence-electron chi connectivity index (χ0n) is 16.3. The van der Waals surface area contributed by atoms with Gasteiger partial charge in [-0.05, 0) is 39.4 Å². The fraction of sp³-hybridized carbons (Fsp3) is 0.600. The van der Waals surface area contributed by atoms with Crippen LogP contribution in [-0.4, -0.2) is 55.6 Å². The third-order valence-electron chi connectivity index (χ3n) is 5.84. The van der Waals surface area contributed by atoms with Crippen LogP contribution in [-0.2, 0) is 24.3 Å². The van der Waals surface area contributed by atoms with E-state index in [-0.39, 0.29) is 5.91 Å². The fourth-order valence-corrected chi connectivity index (χ4v) is 4.10. The van der Waals surface area contributed by atoms with Crippen LogP contribution in [0.4, 0.5) is 0 Å². The molecule has 1 saturated heterocycles. The van der Waals surface area contributed by atoms with Crippen LogP contribution in [0.1, 0.15) is 54.5 Å². The van der Waals surface area contributed by atoms with Crippen LogP contribution in [0.5, 0.6) is 0 Å². The van der Waals surface area contributed by atoms with E-state index in [9.17, 15) is 4.79 Å². The topological polar surface area (TPSA) is 67.2 Å². The zero-order valence-corrected chi connectivity index (χ0v) is 16.3. The molecule has 2 aliphatic rings. The highest BCUT2D eigenvalue weighted by Gasteiger charge is 2.26. The van der Waals surface area contributed by atoms with Crippen molar-refractivity contribution < 1.29 is 4.79 Å². The quantitative estimate of drug-likeness (QED) is 0.827. The molecule has 0 spiro atoms. The summed E-state index contributed by atoms with van der Waals surface area (Å²) in [7, 11) is 2.16. The van der Waals surface area contributed by atoms with Crippen molar-refractivity contribution in [3.8, 4) is 0 Å². The smallest absolute Gasteiger partial charge is 0.224 e. The molecule has 4 heterocycles. The van der Waals surface area contributed by atoms with Crippen LogP contribution in [0.25, 0.3) is 0 Å². The van der Waals surface area contributed by atoms with Crippen molar-refractivity contribution in [1.29, 1.82) is 0 Å². The number of aromatic nitrogens is 4. The minimum absolute atomic E-state index is 0.173. The summed E-state index contributed by atoms with van der Waals surface area (Å²) in [6.45, 7) is 5.11. The molecule has 1 amide bonds. The van der Waals surface area contributed by atoms with Crippen LogP contribution in [0.15, 0.2) is 18.5 Å². The molecule has 0 unspecified atom stereocenters. The normalized spacial score (nSPS) is 20.5. The summed E-state index contributed by atoms with van der Waals surface area (Å²) in [5.74, 6) is 1.12. The van der Waals surface area contributed by atoms with Gasteiger partial charge in [0.15, 0.2) is 0 Å². The van der Waals surface area contributed by atoms with Gasteiger partial charge >= 0.3 is 0 Å². The summed E-state index contributed by atoms with van der Waals surface area (Å²) in [6.07, 6.45) is 8.64. The first-order valence-corrected chi connectivity index (χ1v) is 9.93. The first kappa shape index (κ1) is 18.1. The highest BCUT2D eigenvalue weighted by molar-refractivity contribution is 5.76. The summed E-state index contributed by atoms with van der Waals surface area (Å²) in [5, 5.41) is 4.25. The summed E-state index contributed by atoms with van der Waals surface area (Å²) in [5.41, 5.74) is 3.29. The number of aryl methyl sites for hydroxylation is 2. The van der Waals surface area contributed by atoms with Crippen LogP contribution >= 0.6 is 0 Å². The molecule has 4 rings (SSSR count). The van der Waals surface area contributed by atoms with Crippen LogP contribution < -0.4 is 0 Å².